The first-order valence-electron chi connectivity index (χ1n) is 4.11. The van der Waals surface area contributed by atoms with Gasteiger partial charge in [0, 0.05) is 13.6 Å². The molecule has 0 saturated carbocycles. The van der Waals surface area contributed by atoms with E-state index in [9.17, 15) is 0 Å². The molecule has 0 saturated heterocycles. The summed E-state index contributed by atoms with van der Waals surface area (Å²) < 4.78 is 2.93. The van der Waals surface area contributed by atoms with Crippen LogP contribution in [0.2, 0.25) is 0 Å². The molecule has 1 aromatic rings. The van der Waals surface area contributed by atoms with E-state index in [0.29, 0.717) is 6.54 Å². The van der Waals surface area contributed by atoms with Crippen molar-refractivity contribution >= 4 is 15.9 Å². The zero-order valence-electron chi connectivity index (χ0n) is 8.16. The summed E-state index contributed by atoms with van der Waals surface area (Å²) in [4.78, 5) is 6.36. The van der Waals surface area contributed by atoms with Crippen molar-refractivity contribution in [2.24, 2.45) is 12.8 Å². The van der Waals surface area contributed by atoms with E-state index in [1.54, 1.807) is 6.33 Å². The lowest BCUT2D eigenvalue weighted by Crippen LogP contribution is -2.27. The summed E-state index contributed by atoms with van der Waals surface area (Å²) in [5.41, 5.74) is 6.67. The summed E-state index contributed by atoms with van der Waals surface area (Å²) in [6, 6.07) is 0.176. The van der Waals surface area contributed by atoms with Crippen molar-refractivity contribution in [1.82, 2.24) is 14.5 Å². The minimum Gasteiger partial charge on any atom is -0.329 e. The second-order valence-electron chi connectivity index (χ2n) is 3.25. The number of likely N-dealkylation sites (N-methyl/N-ethyl adjacent to an activating group) is 1. The fourth-order valence-electron chi connectivity index (χ4n) is 1.22. The van der Waals surface area contributed by atoms with Crippen molar-refractivity contribution in [3.63, 3.8) is 0 Å². The Bertz CT molecular complexity index is 282. The van der Waals surface area contributed by atoms with Crippen LogP contribution in [0.5, 0.6) is 0 Å². The number of aryl methyl sites for hydroxylation is 1. The molecule has 1 unspecified atom stereocenters. The standard InChI is InChI=1S/C8H15BrN4/c1-12(2)6(4-10)7-8(9)13(3)5-11-7/h5-6H,4,10H2,1-3H3. The summed E-state index contributed by atoms with van der Waals surface area (Å²) >= 11 is 3.48. The number of hydrogen-bond donors (Lipinski definition) is 1. The maximum atomic E-state index is 5.67. The lowest BCUT2D eigenvalue weighted by Gasteiger charge is -2.21. The fourth-order valence-corrected chi connectivity index (χ4v) is 1.68. The minimum absolute atomic E-state index is 0.176. The van der Waals surface area contributed by atoms with Gasteiger partial charge in [-0.25, -0.2) is 4.98 Å². The molecule has 0 bridgehead atoms. The van der Waals surface area contributed by atoms with Gasteiger partial charge in [0.25, 0.3) is 0 Å². The van der Waals surface area contributed by atoms with E-state index in [-0.39, 0.29) is 6.04 Å². The monoisotopic (exact) mass is 246 g/mol. The van der Waals surface area contributed by atoms with Gasteiger partial charge >= 0.3 is 0 Å². The van der Waals surface area contributed by atoms with Gasteiger partial charge < -0.3 is 10.3 Å². The van der Waals surface area contributed by atoms with E-state index in [1.807, 2.05) is 25.7 Å². The molecule has 0 radical (unpaired) electrons. The maximum Gasteiger partial charge on any atom is 0.109 e. The first kappa shape index (κ1) is 10.7. The largest absolute Gasteiger partial charge is 0.329 e. The van der Waals surface area contributed by atoms with Crippen LogP contribution in [0.3, 0.4) is 0 Å². The van der Waals surface area contributed by atoms with E-state index in [1.165, 1.54) is 0 Å². The van der Waals surface area contributed by atoms with Crippen molar-refractivity contribution in [3.8, 4) is 0 Å². The van der Waals surface area contributed by atoms with Gasteiger partial charge in [0.1, 0.15) is 4.60 Å². The maximum absolute atomic E-state index is 5.67. The minimum atomic E-state index is 0.176. The number of aromatic nitrogens is 2. The van der Waals surface area contributed by atoms with Gasteiger partial charge in [-0.3, -0.25) is 4.90 Å². The Labute approximate surface area is 86.9 Å². The zero-order chi connectivity index (χ0) is 10.0. The molecule has 0 aliphatic rings. The highest BCUT2D eigenvalue weighted by Gasteiger charge is 2.18. The number of nitrogens with zero attached hydrogens (tertiary/aromatic N) is 3. The molecule has 0 amide bonds. The Morgan fingerprint density at radius 1 is 1.69 bits per heavy atom. The number of rotatable bonds is 3. The summed E-state index contributed by atoms with van der Waals surface area (Å²) in [5.74, 6) is 0. The first-order valence-corrected chi connectivity index (χ1v) is 4.90. The highest BCUT2D eigenvalue weighted by Crippen LogP contribution is 2.23. The van der Waals surface area contributed by atoms with E-state index in [0.717, 1.165) is 10.3 Å². The summed E-state index contributed by atoms with van der Waals surface area (Å²) in [5, 5.41) is 0. The molecule has 0 aliphatic heterocycles. The van der Waals surface area contributed by atoms with Gasteiger partial charge in [0.2, 0.25) is 0 Å². The molecule has 1 heterocycles. The SMILES string of the molecule is CN(C)C(CN)c1ncn(C)c1Br. The zero-order valence-corrected chi connectivity index (χ0v) is 9.74. The average Bonchev–Trinajstić information content (AvgIpc) is 2.37. The van der Waals surface area contributed by atoms with Gasteiger partial charge in [-0.05, 0) is 30.0 Å². The van der Waals surface area contributed by atoms with Crippen LogP contribution in [0.15, 0.2) is 10.9 Å². The third-order valence-corrected chi connectivity index (χ3v) is 3.02. The van der Waals surface area contributed by atoms with Crippen molar-refractivity contribution in [2.45, 2.75) is 6.04 Å². The van der Waals surface area contributed by atoms with E-state index in [4.69, 9.17) is 5.73 Å². The molecule has 1 aromatic heterocycles. The normalized spacial score (nSPS) is 13.7. The van der Waals surface area contributed by atoms with Crippen molar-refractivity contribution < 1.29 is 0 Å². The second-order valence-corrected chi connectivity index (χ2v) is 4.00. The summed E-state index contributed by atoms with van der Waals surface area (Å²) in [6.45, 7) is 0.572. The van der Waals surface area contributed by atoms with Crippen molar-refractivity contribution in [3.05, 3.63) is 16.6 Å². The molecule has 1 rings (SSSR count). The van der Waals surface area contributed by atoms with Crippen LogP contribution in [0.25, 0.3) is 0 Å². The molecule has 0 aliphatic carbocycles. The van der Waals surface area contributed by atoms with Crippen LogP contribution in [0.1, 0.15) is 11.7 Å². The summed E-state index contributed by atoms with van der Waals surface area (Å²) in [6.07, 6.45) is 1.78. The van der Waals surface area contributed by atoms with Crippen LogP contribution >= 0.6 is 15.9 Å². The van der Waals surface area contributed by atoms with E-state index < -0.39 is 0 Å². The first-order chi connectivity index (χ1) is 6.07. The van der Waals surface area contributed by atoms with Crippen LogP contribution in [-0.2, 0) is 7.05 Å². The molecule has 2 N–H and O–H groups in total. The van der Waals surface area contributed by atoms with E-state index in [2.05, 4.69) is 25.8 Å². The average molecular weight is 247 g/mol. The van der Waals surface area contributed by atoms with Crippen molar-refractivity contribution in [1.29, 1.82) is 0 Å². The second kappa shape index (κ2) is 4.21. The fraction of sp³-hybridized carbons (Fsp3) is 0.625. The third kappa shape index (κ3) is 2.10. The Kier molecular flexibility index (Phi) is 3.47. The highest BCUT2D eigenvalue weighted by atomic mass is 79.9. The number of nitrogens with two attached hydrogens (primary N) is 1. The lowest BCUT2D eigenvalue weighted by atomic mass is 10.2. The molecule has 74 valence electrons. The molecule has 0 aromatic carbocycles. The third-order valence-electron chi connectivity index (χ3n) is 2.05. The molecule has 5 heteroatoms. The molecule has 0 fully saturated rings. The quantitative estimate of drug-likeness (QED) is 0.857. The molecule has 1 atom stereocenters. The number of halogens is 1. The van der Waals surface area contributed by atoms with Crippen LogP contribution in [-0.4, -0.2) is 35.1 Å². The predicted molar refractivity (Wildman–Crippen MR) is 56.4 cm³/mol. The predicted octanol–water partition coefficient (Wildman–Crippen LogP) is 0.744. The molecular weight excluding hydrogens is 232 g/mol. The number of hydrogen-bond acceptors (Lipinski definition) is 3. The van der Waals surface area contributed by atoms with E-state index >= 15 is 0 Å². The number of imidazole rings is 1. The Morgan fingerprint density at radius 2 is 2.31 bits per heavy atom. The van der Waals surface area contributed by atoms with Gasteiger partial charge in [0.15, 0.2) is 0 Å². The summed E-state index contributed by atoms with van der Waals surface area (Å²) in [7, 11) is 5.95. The van der Waals surface area contributed by atoms with Crippen LogP contribution in [0.4, 0.5) is 0 Å². The van der Waals surface area contributed by atoms with Crippen LogP contribution < -0.4 is 5.73 Å². The Hall–Kier alpha value is -0.390. The van der Waals surface area contributed by atoms with Gasteiger partial charge in [-0.1, -0.05) is 0 Å². The smallest absolute Gasteiger partial charge is 0.109 e. The van der Waals surface area contributed by atoms with Crippen molar-refractivity contribution in [2.75, 3.05) is 20.6 Å². The Morgan fingerprint density at radius 3 is 2.62 bits per heavy atom. The topological polar surface area (TPSA) is 47.1 Å². The van der Waals surface area contributed by atoms with Crippen LogP contribution in [0, 0.1) is 0 Å². The van der Waals surface area contributed by atoms with Gasteiger partial charge in [-0.2, -0.15) is 0 Å². The molecule has 13 heavy (non-hydrogen) atoms. The lowest BCUT2D eigenvalue weighted by molar-refractivity contribution is 0.300. The van der Waals surface area contributed by atoms with Gasteiger partial charge in [0.05, 0.1) is 18.1 Å². The molecule has 4 nitrogen and oxygen atoms in total. The molecular formula is C8H15BrN4. The molecule has 0 spiro atoms. The van der Waals surface area contributed by atoms with Gasteiger partial charge in [-0.15, -0.1) is 0 Å². The highest BCUT2D eigenvalue weighted by molar-refractivity contribution is 9.10. The Balaban J connectivity index is 2.98.